The second-order valence-corrected chi connectivity index (χ2v) is 4.09. The molecule has 15 heavy (non-hydrogen) atoms. The van der Waals surface area contributed by atoms with Crippen LogP contribution in [0.2, 0.25) is 0 Å². The Kier molecular flexibility index (Phi) is 2.36. The van der Waals surface area contributed by atoms with Gasteiger partial charge in [0.1, 0.15) is 0 Å². The molecular formula is C8H5F3IN3. The van der Waals surface area contributed by atoms with Crippen molar-refractivity contribution in [3.8, 4) is 0 Å². The predicted octanol–water partition coefficient (Wildman–Crippen LogP) is 2.66. The fourth-order valence-corrected chi connectivity index (χ4v) is 1.68. The number of pyridine rings is 1. The molecule has 0 aliphatic carbocycles. The highest BCUT2D eigenvalue weighted by Crippen LogP contribution is 2.27. The lowest BCUT2D eigenvalue weighted by atomic mass is 10.3. The molecule has 0 radical (unpaired) electrons. The molecule has 0 N–H and O–H groups in total. The smallest absolute Gasteiger partial charge is 0.219 e. The zero-order valence-corrected chi connectivity index (χ0v) is 9.67. The molecule has 0 amide bonds. The number of alkyl halides is 3. The van der Waals surface area contributed by atoms with Gasteiger partial charge in [0, 0.05) is 6.20 Å². The first kappa shape index (κ1) is 10.7. The van der Waals surface area contributed by atoms with E-state index in [0.29, 0.717) is 3.57 Å². The molecule has 2 heterocycles. The highest BCUT2D eigenvalue weighted by molar-refractivity contribution is 14.1. The van der Waals surface area contributed by atoms with E-state index in [0.717, 1.165) is 10.1 Å². The van der Waals surface area contributed by atoms with Crippen LogP contribution >= 0.6 is 22.6 Å². The van der Waals surface area contributed by atoms with Crippen LogP contribution in [-0.4, -0.2) is 14.6 Å². The lowest BCUT2D eigenvalue weighted by Crippen LogP contribution is -2.07. The minimum atomic E-state index is -4.50. The van der Waals surface area contributed by atoms with Crippen LogP contribution in [0.1, 0.15) is 11.4 Å². The fraction of sp³-hybridized carbons (Fsp3) is 0.250. The molecule has 2 aromatic heterocycles. The van der Waals surface area contributed by atoms with E-state index >= 15 is 0 Å². The zero-order valence-electron chi connectivity index (χ0n) is 7.51. The third-order valence-electron chi connectivity index (χ3n) is 1.89. The van der Waals surface area contributed by atoms with Gasteiger partial charge in [0.05, 0.1) is 3.57 Å². The Morgan fingerprint density at radius 3 is 2.67 bits per heavy atom. The van der Waals surface area contributed by atoms with Gasteiger partial charge < -0.3 is 0 Å². The van der Waals surface area contributed by atoms with E-state index in [1.54, 1.807) is 6.07 Å². The lowest BCUT2D eigenvalue weighted by Gasteiger charge is -1.97. The topological polar surface area (TPSA) is 30.2 Å². The Bertz CT molecular complexity index is 518. The molecule has 0 spiro atoms. The third-order valence-corrected chi connectivity index (χ3v) is 3.23. The molecule has 7 heteroatoms. The maximum Gasteiger partial charge on any atom is 0.453 e. The standard InChI is InChI=1S/C8H5F3IN3/c1-4-2-3-15-6(5(4)12)13-7(14-15)8(9,10)11/h2-3H,1H3. The Morgan fingerprint density at radius 1 is 1.40 bits per heavy atom. The molecule has 0 aromatic carbocycles. The summed E-state index contributed by atoms with van der Waals surface area (Å²) in [5, 5.41) is 3.36. The second-order valence-electron chi connectivity index (χ2n) is 3.01. The van der Waals surface area contributed by atoms with E-state index in [4.69, 9.17) is 0 Å². The summed E-state index contributed by atoms with van der Waals surface area (Å²) in [6.45, 7) is 1.81. The highest BCUT2D eigenvalue weighted by Gasteiger charge is 2.36. The van der Waals surface area contributed by atoms with Crippen molar-refractivity contribution >= 4 is 28.2 Å². The summed E-state index contributed by atoms with van der Waals surface area (Å²) in [6.07, 6.45) is -3.03. The molecule has 80 valence electrons. The number of aromatic nitrogens is 3. The van der Waals surface area contributed by atoms with Gasteiger partial charge in [-0.1, -0.05) is 0 Å². The minimum Gasteiger partial charge on any atom is -0.219 e. The van der Waals surface area contributed by atoms with Gasteiger partial charge in [-0.25, -0.2) is 9.50 Å². The maximum atomic E-state index is 12.3. The Labute approximate surface area is 96.4 Å². The molecule has 2 rings (SSSR count). The van der Waals surface area contributed by atoms with E-state index in [9.17, 15) is 13.2 Å². The molecule has 3 nitrogen and oxygen atoms in total. The molecule has 0 unspecified atom stereocenters. The number of hydrogen-bond donors (Lipinski definition) is 0. The summed E-state index contributed by atoms with van der Waals surface area (Å²) in [5.74, 6) is -1.11. The van der Waals surface area contributed by atoms with Crippen molar-refractivity contribution in [2.45, 2.75) is 13.1 Å². The van der Waals surface area contributed by atoms with Crippen LogP contribution in [0.15, 0.2) is 12.3 Å². The summed E-state index contributed by atoms with van der Waals surface area (Å²) in [5.41, 5.74) is 1.12. The van der Waals surface area contributed by atoms with Crippen LogP contribution in [-0.2, 0) is 6.18 Å². The number of hydrogen-bond acceptors (Lipinski definition) is 2. The Balaban J connectivity index is 2.72. The van der Waals surface area contributed by atoms with Gasteiger partial charge in [0.15, 0.2) is 5.65 Å². The average molecular weight is 327 g/mol. The van der Waals surface area contributed by atoms with E-state index < -0.39 is 12.0 Å². The normalized spacial score (nSPS) is 12.3. The number of nitrogens with zero attached hydrogens (tertiary/aromatic N) is 3. The first-order chi connectivity index (χ1) is 6.89. The molecule has 0 bridgehead atoms. The molecule has 0 aliphatic rings. The molecule has 2 aromatic rings. The summed E-state index contributed by atoms with van der Waals surface area (Å²) in [7, 11) is 0. The van der Waals surface area contributed by atoms with Crippen LogP contribution in [0.4, 0.5) is 13.2 Å². The fourth-order valence-electron chi connectivity index (χ4n) is 1.13. The zero-order chi connectivity index (χ0) is 11.2. The van der Waals surface area contributed by atoms with Crippen molar-refractivity contribution in [3.05, 3.63) is 27.2 Å². The lowest BCUT2D eigenvalue weighted by molar-refractivity contribution is -0.144. The molecule has 0 aliphatic heterocycles. The highest BCUT2D eigenvalue weighted by atomic mass is 127. The second kappa shape index (κ2) is 3.32. The van der Waals surface area contributed by atoms with Crippen LogP contribution in [0.3, 0.4) is 0 Å². The third kappa shape index (κ3) is 1.80. The summed E-state index contributed by atoms with van der Waals surface area (Å²) < 4.78 is 38.8. The summed E-state index contributed by atoms with van der Waals surface area (Å²) >= 11 is 1.95. The van der Waals surface area contributed by atoms with E-state index in [1.165, 1.54) is 6.20 Å². The van der Waals surface area contributed by atoms with E-state index in [1.807, 2.05) is 29.5 Å². The largest absolute Gasteiger partial charge is 0.453 e. The van der Waals surface area contributed by atoms with Gasteiger partial charge in [-0.2, -0.15) is 13.2 Å². The minimum absolute atomic E-state index is 0.239. The first-order valence-corrected chi connectivity index (χ1v) is 5.06. The number of fused-ring (bicyclic) bond motifs is 1. The molecule has 0 saturated heterocycles. The van der Waals surface area contributed by atoms with Crippen LogP contribution < -0.4 is 0 Å². The van der Waals surface area contributed by atoms with Gasteiger partial charge in [-0.05, 0) is 41.1 Å². The van der Waals surface area contributed by atoms with Gasteiger partial charge in [0.25, 0.3) is 5.82 Å². The first-order valence-electron chi connectivity index (χ1n) is 3.98. The van der Waals surface area contributed by atoms with Gasteiger partial charge in [-0.15, -0.1) is 5.10 Å². The Hall–Kier alpha value is -0.860. The molecule has 0 atom stereocenters. The SMILES string of the molecule is Cc1ccn2nc(C(F)(F)F)nc2c1I. The van der Waals surface area contributed by atoms with Crippen LogP contribution in [0.5, 0.6) is 0 Å². The van der Waals surface area contributed by atoms with Gasteiger partial charge >= 0.3 is 6.18 Å². The van der Waals surface area contributed by atoms with Crippen LogP contribution in [0, 0.1) is 10.5 Å². The summed E-state index contributed by atoms with van der Waals surface area (Å²) in [4.78, 5) is 3.46. The van der Waals surface area contributed by atoms with E-state index in [2.05, 4.69) is 10.1 Å². The van der Waals surface area contributed by atoms with E-state index in [-0.39, 0.29) is 5.65 Å². The van der Waals surface area contributed by atoms with Crippen LogP contribution in [0.25, 0.3) is 5.65 Å². The van der Waals surface area contributed by atoms with Crippen molar-refractivity contribution < 1.29 is 13.2 Å². The quantitative estimate of drug-likeness (QED) is 0.697. The van der Waals surface area contributed by atoms with Crippen molar-refractivity contribution in [1.29, 1.82) is 0 Å². The summed E-state index contributed by atoms with van der Waals surface area (Å²) in [6, 6.07) is 1.70. The van der Waals surface area contributed by atoms with Gasteiger partial charge in [0.2, 0.25) is 0 Å². The molecule has 0 saturated carbocycles. The predicted molar refractivity (Wildman–Crippen MR) is 55.4 cm³/mol. The van der Waals surface area contributed by atoms with Crippen molar-refractivity contribution in [2.75, 3.05) is 0 Å². The van der Waals surface area contributed by atoms with Crippen molar-refractivity contribution in [2.24, 2.45) is 0 Å². The molecule has 0 fully saturated rings. The molecular weight excluding hydrogens is 322 g/mol. The monoisotopic (exact) mass is 327 g/mol. The van der Waals surface area contributed by atoms with Gasteiger partial charge in [-0.3, -0.25) is 0 Å². The average Bonchev–Trinajstić information content (AvgIpc) is 2.55. The Morgan fingerprint density at radius 2 is 2.07 bits per heavy atom. The van der Waals surface area contributed by atoms with Crippen molar-refractivity contribution in [1.82, 2.24) is 14.6 Å². The number of halogens is 4. The van der Waals surface area contributed by atoms with Crippen molar-refractivity contribution in [3.63, 3.8) is 0 Å². The number of aryl methyl sites for hydroxylation is 1. The maximum absolute atomic E-state index is 12.3. The number of rotatable bonds is 0.